The van der Waals surface area contributed by atoms with Crippen LogP contribution < -0.4 is 5.32 Å². The van der Waals surface area contributed by atoms with Crippen molar-refractivity contribution in [3.05, 3.63) is 0 Å². The number of carbonyl (C=O) groups excluding carboxylic acids is 1. The van der Waals surface area contributed by atoms with Crippen LogP contribution in [0.15, 0.2) is 0 Å². The SMILES string of the molecule is CC[C@@H](CC1CCCCC1)OC(=O)NC1CCN(C#N)C1. The molecule has 5 heteroatoms. The fraction of sp³-hybridized carbons (Fsp3) is 0.875. The average Bonchev–Trinajstić information content (AvgIpc) is 2.95. The third-order valence-corrected chi connectivity index (χ3v) is 4.70. The summed E-state index contributed by atoms with van der Waals surface area (Å²) >= 11 is 0. The molecule has 0 aromatic carbocycles. The van der Waals surface area contributed by atoms with Crippen molar-refractivity contribution >= 4 is 6.09 Å². The van der Waals surface area contributed by atoms with E-state index >= 15 is 0 Å². The molecular formula is C16H27N3O2. The molecule has 0 bridgehead atoms. The topological polar surface area (TPSA) is 65.4 Å². The maximum absolute atomic E-state index is 12.0. The van der Waals surface area contributed by atoms with Crippen LogP contribution in [0.4, 0.5) is 4.79 Å². The number of nitrogens with zero attached hydrogens (tertiary/aromatic N) is 2. The van der Waals surface area contributed by atoms with Crippen LogP contribution in [0.2, 0.25) is 0 Å². The Morgan fingerprint density at radius 1 is 1.38 bits per heavy atom. The Kier molecular flexibility index (Phi) is 6.16. The van der Waals surface area contributed by atoms with Crippen molar-refractivity contribution in [3.8, 4) is 6.19 Å². The highest BCUT2D eigenvalue weighted by Gasteiger charge is 2.25. The van der Waals surface area contributed by atoms with Crippen LogP contribution in [-0.2, 0) is 4.74 Å². The lowest BCUT2D eigenvalue weighted by molar-refractivity contribution is 0.0730. The number of hydrogen-bond donors (Lipinski definition) is 1. The molecule has 1 heterocycles. The quantitative estimate of drug-likeness (QED) is 0.791. The van der Waals surface area contributed by atoms with E-state index in [0.29, 0.717) is 6.54 Å². The lowest BCUT2D eigenvalue weighted by atomic mass is 9.85. The minimum absolute atomic E-state index is 0.0292. The standard InChI is InChI=1S/C16H27N3O2/c1-2-15(10-13-6-4-3-5-7-13)21-16(20)18-14-8-9-19(11-14)12-17/h13-15H,2-11H2,1H3,(H,18,20)/t14?,15-/m0/s1. The molecule has 1 N–H and O–H groups in total. The second kappa shape index (κ2) is 8.11. The van der Waals surface area contributed by atoms with E-state index < -0.39 is 0 Å². The van der Waals surface area contributed by atoms with E-state index in [9.17, 15) is 4.79 Å². The number of nitriles is 1. The molecule has 1 aliphatic carbocycles. The summed E-state index contributed by atoms with van der Waals surface area (Å²) in [6.07, 6.45) is 11.1. The molecule has 0 radical (unpaired) electrons. The van der Waals surface area contributed by atoms with Gasteiger partial charge in [0.25, 0.3) is 0 Å². The number of carbonyl (C=O) groups is 1. The number of rotatable bonds is 5. The molecule has 2 atom stereocenters. The first-order valence-electron chi connectivity index (χ1n) is 8.33. The predicted octanol–water partition coefficient (Wildman–Crippen LogP) is 3.02. The molecule has 2 aliphatic rings. The molecule has 1 aliphatic heterocycles. The van der Waals surface area contributed by atoms with Crippen molar-refractivity contribution in [2.45, 2.75) is 70.4 Å². The summed E-state index contributed by atoms with van der Waals surface area (Å²) in [6.45, 7) is 3.40. The molecule has 118 valence electrons. The molecule has 1 unspecified atom stereocenters. The summed E-state index contributed by atoms with van der Waals surface area (Å²) in [7, 11) is 0. The van der Waals surface area contributed by atoms with Gasteiger partial charge in [0.1, 0.15) is 6.10 Å². The van der Waals surface area contributed by atoms with Gasteiger partial charge in [-0.15, -0.1) is 0 Å². The summed E-state index contributed by atoms with van der Waals surface area (Å²) in [5.41, 5.74) is 0. The van der Waals surface area contributed by atoms with Crippen LogP contribution in [0, 0.1) is 17.4 Å². The molecule has 0 spiro atoms. The number of nitrogens with one attached hydrogen (secondary N) is 1. The van der Waals surface area contributed by atoms with Crippen molar-refractivity contribution in [1.29, 1.82) is 5.26 Å². The molecule has 5 nitrogen and oxygen atoms in total. The van der Waals surface area contributed by atoms with Crippen LogP contribution in [0.25, 0.3) is 0 Å². The Morgan fingerprint density at radius 2 is 2.14 bits per heavy atom. The molecule has 1 amide bonds. The lowest BCUT2D eigenvalue weighted by Gasteiger charge is -2.26. The van der Waals surface area contributed by atoms with E-state index in [1.54, 1.807) is 4.90 Å². The maximum atomic E-state index is 12.0. The van der Waals surface area contributed by atoms with E-state index in [-0.39, 0.29) is 18.2 Å². The van der Waals surface area contributed by atoms with Gasteiger partial charge in [-0.2, -0.15) is 5.26 Å². The van der Waals surface area contributed by atoms with E-state index in [4.69, 9.17) is 10.00 Å². The Hall–Kier alpha value is -1.44. The predicted molar refractivity (Wildman–Crippen MR) is 80.5 cm³/mol. The summed E-state index contributed by atoms with van der Waals surface area (Å²) in [5, 5.41) is 11.7. The van der Waals surface area contributed by atoms with Crippen molar-refractivity contribution in [2.75, 3.05) is 13.1 Å². The van der Waals surface area contributed by atoms with Gasteiger partial charge in [0.15, 0.2) is 6.19 Å². The van der Waals surface area contributed by atoms with Gasteiger partial charge < -0.3 is 15.0 Å². The number of ether oxygens (including phenoxy) is 1. The monoisotopic (exact) mass is 293 g/mol. The molecule has 2 fully saturated rings. The Bertz CT molecular complexity index is 374. The van der Waals surface area contributed by atoms with Gasteiger partial charge >= 0.3 is 6.09 Å². The highest BCUT2D eigenvalue weighted by Crippen LogP contribution is 2.28. The highest BCUT2D eigenvalue weighted by molar-refractivity contribution is 5.67. The summed E-state index contributed by atoms with van der Waals surface area (Å²) in [5.74, 6) is 0.720. The first-order valence-corrected chi connectivity index (χ1v) is 8.33. The Balaban J connectivity index is 1.70. The van der Waals surface area contributed by atoms with E-state index in [1.165, 1.54) is 32.1 Å². The summed E-state index contributed by atoms with van der Waals surface area (Å²) in [4.78, 5) is 13.6. The minimum Gasteiger partial charge on any atom is -0.446 e. The smallest absolute Gasteiger partial charge is 0.407 e. The van der Waals surface area contributed by atoms with Crippen LogP contribution in [0.5, 0.6) is 0 Å². The Morgan fingerprint density at radius 3 is 2.76 bits per heavy atom. The van der Waals surface area contributed by atoms with Gasteiger partial charge in [0, 0.05) is 13.1 Å². The van der Waals surface area contributed by atoms with Gasteiger partial charge in [0.05, 0.1) is 6.04 Å². The number of alkyl carbamates (subject to hydrolysis) is 1. The van der Waals surface area contributed by atoms with Crippen molar-refractivity contribution in [2.24, 2.45) is 5.92 Å². The molecule has 2 rings (SSSR count). The van der Waals surface area contributed by atoms with Crippen molar-refractivity contribution < 1.29 is 9.53 Å². The van der Waals surface area contributed by atoms with E-state index in [1.807, 2.05) is 0 Å². The highest BCUT2D eigenvalue weighted by atomic mass is 16.6. The van der Waals surface area contributed by atoms with Crippen molar-refractivity contribution in [1.82, 2.24) is 10.2 Å². The fourth-order valence-corrected chi connectivity index (χ4v) is 3.41. The third-order valence-electron chi connectivity index (χ3n) is 4.70. The minimum atomic E-state index is -0.317. The first kappa shape index (κ1) is 15.9. The molecule has 1 saturated heterocycles. The zero-order valence-corrected chi connectivity index (χ0v) is 13.0. The fourth-order valence-electron chi connectivity index (χ4n) is 3.41. The second-order valence-electron chi connectivity index (χ2n) is 6.35. The van der Waals surface area contributed by atoms with E-state index in [2.05, 4.69) is 18.4 Å². The molecule has 1 saturated carbocycles. The molecule has 0 aromatic heterocycles. The van der Waals surface area contributed by atoms with Gasteiger partial charge in [0.2, 0.25) is 0 Å². The van der Waals surface area contributed by atoms with Crippen LogP contribution in [0.1, 0.15) is 58.3 Å². The molecule has 0 aromatic rings. The zero-order valence-electron chi connectivity index (χ0n) is 13.0. The Labute approximate surface area is 127 Å². The molecular weight excluding hydrogens is 266 g/mol. The maximum Gasteiger partial charge on any atom is 0.407 e. The van der Waals surface area contributed by atoms with Gasteiger partial charge in [-0.3, -0.25) is 0 Å². The summed E-state index contributed by atoms with van der Waals surface area (Å²) < 4.78 is 5.58. The van der Waals surface area contributed by atoms with Crippen LogP contribution in [-0.4, -0.2) is 36.2 Å². The summed E-state index contributed by atoms with van der Waals surface area (Å²) in [6, 6.07) is 0.0457. The zero-order chi connectivity index (χ0) is 15.1. The number of likely N-dealkylation sites (tertiary alicyclic amines) is 1. The largest absolute Gasteiger partial charge is 0.446 e. The van der Waals surface area contributed by atoms with Gasteiger partial charge in [-0.05, 0) is 25.2 Å². The number of hydrogen-bond acceptors (Lipinski definition) is 4. The lowest BCUT2D eigenvalue weighted by Crippen LogP contribution is -2.38. The normalized spacial score (nSPS) is 24.4. The van der Waals surface area contributed by atoms with Crippen LogP contribution in [0.3, 0.4) is 0 Å². The van der Waals surface area contributed by atoms with E-state index in [0.717, 1.165) is 31.7 Å². The second-order valence-corrected chi connectivity index (χ2v) is 6.35. The first-order chi connectivity index (χ1) is 10.2. The number of amides is 1. The average molecular weight is 293 g/mol. The van der Waals surface area contributed by atoms with Gasteiger partial charge in [-0.25, -0.2) is 4.79 Å². The van der Waals surface area contributed by atoms with Crippen molar-refractivity contribution in [3.63, 3.8) is 0 Å². The third kappa shape index (κ3) is 5.11. The van der Waals surface area contributed by atoms with Gasteiger partial charge in [-0.1, -0.05) is 39.0 Å². The molecule has 21 heavy (non-hydrogen) atoms. The van der Waals surface area contributed by atoms with Crippen LogP contribution >= 0.6 is 0 Å².